The smallest absolute Gasteiger partial charge is 0.433 e. The van der Waals surface area contributed by atoms with E-state index in [0.717, 1.165) is 17.8 Å². The number of rotatable bonds is 5. The molecule has 1 saturated carbocycles. The second-order valence-electron chi connectivity index (χ2n) is 6.99. The largest absolute Gasteiger partial charge is 0.497 e. The maximum atomic E-state index is 12.7. The highest BCUT2D eigenvalue weighted by Crippen LogP contribution is 2.36. The zero-order chi connectivity index (χ0) is 21.2. The van der Waals surface area contributed by atoms with Gasteiger partial charge in [0, 0.05) is 12.1 Å². The Hall–Kier alpha value is -2.65. The van der Waals surface area contributed by atoms with Crippen LogP contribution in [0.15, 0.2) is 42.6 Å². The molecule has 3 rings (SSSR count). The van der Waals surface area contributed by atoms with E-state index in [9.17, 15) is 28.2 Å². The third-order valence-corrected chi connectivity index (χ3v) is 5.05. The molecule has 0 spiro atoms. The number of ether oxygens (including phenoxy) is 1. The number of hydrogen-bond acceptors (Lipinski definition) is 5. The molecule has 0 bridgehead atoms. The number of alkyl halides is 3. The first-order valence-corrected chi connectivity index (χ1v) is 9.00. The molecule has 156 valence electrons. The Labute approximate surface area is 165 Å². The number of nitrogens with one attached hydrogen (secondary N) is 1. The summed E-state index contributed by atoms with van der Waals surface area (Å²) in [6, 6.07) is 8.16. The number of carbonyl (C=O) groups excluding carboxylic acids is 1. The lowest BCUT2D eigenvalue weighted by Crippen LogP contribution is -2.45. The molecule has 4 atom stereocenters. The summed E-state index contributed by atoms with van der Waals surface area (Å²) in [5.41, 5.74) is 0.105. The number of hydrogen-bond donors (Lipinski definition) is 3. The van der Waals surface area contributed by atoms with Crippen molar-refractivity contribution >= 4 is 5.91 Å². The summed E-state index contributed by atoms with van der Waals surface area (Å²) < 4.78 is 43.2. The lowest BCUT2D eigenvalue weighted by atomic mass is 9.94. The van der Waals surface area contributed by atoms with E-state index >= 15 is 0 Å². The van der Waals surface area contributed by atoms with E-state index in [1.807, 2.05) is 0 Å². The van der Waals surface area contributed by atoms with Crippen LogP contribution in [0, 0.1) is 0 Å². The predicted octanol–water partition coefficient (Wildman–Crippen LogP) is 2.05. The number of nitrogens with zero attached hydrogens (tertiary/aromatic N) is 1. The van der Waals surface area contributed by atoms with Crippen molar-refractivity contribution in [2.45, 2.75) is 43.2 Å². The van der Waals surface area contributed by atoms with Crippen molar-refractivity contribution in [1.29, 1.82) is 0 Å². The van der Waals surface area contributed by atoms with Gasteiger partial charge in [0.25, 0.3) is 0 Å². The highest BCUT2D eigenvalue weighted by atomic mass is 19.4. The lowest BCUT2D eigenvalue weighted by Gasteiger charge is -2.24. The van der Waals surface area contributed by atoms with Crippen molar-refractivity contribution in [3.05, 3.63) is 59.4 Å². The monoisotopic (exact) mass is 410 g/mol. The van der Waals surface area contributed by atoms with E-state index in [1.54, 1.807) is 24.3 Å². The number of aliphatic hydroxyl groups is 2. The molecule has 0 aliphatic heterocycles. The van der Waals surface area contributed by atoms with Gasteiger partial charge in [0.1, 0.15) is 17.5 Å². The Morgan fingerprint density at radius 3 is 2.45 bits per heavy atom. The van der Waals surface area contributed by atoms with Crippen LogP contribution in [0.1, 0.15) is 29.2 Å². The van der Waals surface area contributed by atoms with Gasteiger partial charge >= 0.3 is 6.18 Å². The number of aliphatic hydroxyl groups excluding tert-OH is 2. The van der Waals surface area contributed by atoms with Gasteiger partial charge in [-0.05, 0) is 35.7 Å². The van der Waals surface area contributed by atoms with E-state index < -0.39 is 36.0 Å². The summed E-state index contributed by atoms with van der Waals surface area (Å²) >= 11 is 0. The molecule has 1 heterocycles. The number of pyridine rings is 1. The van der Waals surface area contributed by atoms with Gasteiger partial charge in [0.15, 0.2) is 0 Å². The van der Waals surface area contributed by atoms with Crippen molar-refractivity contribution < 1.29 is 32.9 Å². The molecule has 4 unspecified atom stereocenters. The summed E-state index contributed by atoms with van der Waals surface area (Å²) in [5.74, 6) is -0.286. The van der Waals surface area contributed by atoms with Crippen molar-refractivity contribution in [2.24, 2.45) is 0 Å². The molecule has 1 aliphatic rings. The second kappa shape index (κ2) is 8.38. The first-order valence-electron chi connectivity index (χ1n) is 9.00. The first-order chi connectivity index (χ1) is 13.7. The zero-order valence-corrected chi connectivity index (χ0v) is 15.6. The Morgan fingerprint density at radius 2 is 1.90 bits per heavy atom. The van der Waals surface area contributed by atoms with Gasteiger partial charge in [-0.15, -0.1) is 0 Å². The highest BCUT2D eigenvalue weighted by Gasteiger charge is 2.43. The van der Waals surface area contributed by atoms with E-state index in [1.165, 1.54) is 13.2 Å². The van der Waals surface area contributed by atoms with Crippen LogP contribution in [0.2, 0.25) is 0 Å². The Bertz CT molecular complexity index is 840. The number of benzene rings is 1. The summed E-state index contributed by atoms with van der Waals surface area (Å²) in [4.78, 5) is 15.9. The van der Waals surface area contributed by atoms with Crippen LogP contribution in [-0.2, 0) is 17.4 Å². The number of amides is 1. The van der Waals surface area contributed by atoms with Crippen LogP contribution in [0.3, 0.4) is 0 Å². The minimum absolute atomic E-state index is 0.0429. The minimum Gasteiger partial charge on any atom is -0.497 e. The molecule has 29 heavy (non-hydrogen) atoms. The Morgan fingerprint density at radius 1 is 1.21 bits per heavy atom. The fourth-order valence-electron chi connectivity index (χ4n) is 3.51. The van der Waals surface area contributed by atoms with Crippen LogP contribution in [0.25, 0.3) is 0 Å². The van der Waals surface area contributed by atoms with Gasteiger partial charge in [-0.25, -0.2) is 0 Å². The minimum atomic E-state index is -4.56. The SMILES string of the molecule is COc1ccc(CC(=O)NC2C(c3ccc(C(F)(F)F)nc3)CC(O)C2O)cc1. The number of halogens is 3. The summed E-state index contributed by atoms with van der Waals surface area (Å²) in [7, 11) is 1.53. The fourth-order valence-corrected chi connectivity index (χ4v) is 3.51. The molecule has 1 fully saturated rings. The first kappa shape index (κ1) is 21.1. The van der Waals surface area contributed by atoms with Gasteiger partial charge in [-0.2, -0.15) is 13.2 Å². The molecule has 3 N–H and O–H groups in total. The van der Waals surface area contributed by atoms with Gasteiger partial charge in [-0.3, -0.25) is 9.78 Å². The third kappa shape index (κ3) is 4.86. The van der Waals surface area contributed by atoms with E-state index in [2.05, 4.69) is 10.3 Å². The van der Waals surface area contributed by atoms with Gasteiger partial charge in [-0.1, -0.05) is 18.2 Å². The van der Waals surface area contributed by atoms with Crippen molar-refractivity contribution in [3.8, 4) is 5.75 Å². The molecule has 9 heteroatoms. The molecular weight excluding hydrogens is 389 g/mol. The number of carbonyl (C=O) groups is 1. The number of aromatic nitrogens is 1. The molecule has 0 saturated heterocycles. The van der Waals surface area contributed by atoms with Crippen molar-refractivity contribution in [2.75, 3.05) is 7.11 Å². The molecule has 1 aromatic carbocycles. The molecular formula is C20H21F3N2O4. The molecule has 6 nitrogen and oxygen atoms in total. The topological polar surface area (TPSA) is 91.7 Å². The van der Waals surface area contributed by atoms with Gasteiger partial charge in [0.2, 0.25) is 5.91 Å². The van der Waals surface area contributed by atoms with Crippen LogP contribution >= 0.6 is 0 Å². The molecule has 1 aromatic heterocycles. The number of methoxy groups -OCH3 is 1. The van der Waals surface area contributed by atoms with E-state index in [0.29, 0.717) is 11.3 Å². The highest BCUT2D eigenvalue weighted by molar-refractivity contribution is 5.79. The normalized spacial score (nSPS) is 24.3. The van der Waals surface area contributed by atoms with Gasteiger partial charge < -0.3 is 20.3 Å². The lowest BCUT2D eigenvalue weighted by molar-refractivity contribution is -0.141. The quantitative estimate of drug-likeness (QED) is 0.702. The fraction of sp³-hybridized carbons (Fsp3) is 0.400. The van der Waals surface area contributed by atoms with Crippen LogP contribution in [-0.4, -0.2) is 46.5 Å². The molecule has 0 radical (unpaired) electrons. The summed E-state index contributed by atoms with van der Waals surface area (Å²) in [6.07, 6.45) is -5.68. The van der Waals surface area contributed by atoms with Crippen LogP contribution < -0.4 is 10.1 Å². The molecule has 1 aliphatic carbocycles. The average molecular weight is 410 g/mol. The van der Waals surface area contributed by atoms with Crippen LogP contribution in [0.4, 0.5) is 13.2 Å². The van der Waals surface area contributed by atoms with E-state index in [4.69, 9.17) is 4.74 Å². The molecule has 2 aromatic rings. The van der Waals surface area contributed by atoms with Crippen molar-refractivity contribution in [3.63, 3.8) is 0 Å². The predicted molar refractivity (Wildman–Crippen MR) is 97.2 cm³/mol. The second-order valence-corrected chi connectivity index (χ2v) is 6.99. The van der Waals surface area contributed by atoms with Crippen LogP contribution in [0.5, 0.6) is 5.75 Å². The summed E-state index contributed by atoms with van der Waals surface area (Å²) in [6.45, 7) is 0. The van der Waals surface area contributed by atoms with Crippen molar-refractivity contribution in [1.82, 2.24) is 10.3 Å². The van der Waals surface area contributed by atoms with Gasteiger partial charge in [0.05, 0.1) is 25.7 Å². The summed E-state index contributed by atoms with van der Waals surface area (Å²) in [5, 5.41) is 23.0. The zero-order valence-electron chi connectivity index (χ0n) is 15.6. The third-order valence-electron chi connectivity index (χ3n) is 5.05. The maximum absolute atomic E-state index is 12.7. The van der Waals surface area contributed by atoms with E-state index in [-0.39, 0.29) is 18.7 Å². The molecule has 1 amide bonds. The Balaban J connectivity index is 1.72. The average Bonchev–Trinajstić information content (AvgIpc) is 2.96. The standard InChI is InChI=1S/C20H21F3N2O4/c1-29-13-5-2-11(3-6-13)8-17(27)25-18-14(9-15(26)19(18)28)12-4-7-16(24-10-12)20(21,22)23/h2-7,10,14-15,18-19,26,28H,8-9H2,1H3,(H,25,27). The maximum Gasteiger partial charge on any atom is 0.433 e. The Kier molecular flexibility index (Phi) is 6.09.